The Morgan fingerprint density at radius 1 is 1.40 bits per heavy atom. The molecule has 0 radical (unpaired) electrons. The lowest BCUT2D eigenvalue weighted by Gasteiger charge is -2.07. The summed E-state index contributed by atoms with van der Waals surface area (Å²) in [6, 6.07) is 0. The maximum Gasteiger partial charge on any atom is 0.164 e. The number of Topliss-reactive ketones (excluding diaryl/α,β-unsaturated/α-hetero) is 1. The van der Waals surface area contributed by atoms with Gasteiger partial charge in [0.15, 0.2) is 5.78 Å². The summed E-state index contributed by atoms with van der Waals surface area (Å²) in [7, 11) is 0. The molecule has 80 valence electrons. The van der Waals surface area contributed by atoms with Gasteiger partial charge in [-0.25, -0.2) is 0 Å². The predicted molar refractivity (Wildman–Crippen MR) is 61.1 cm³/mol. The highest BCUT2D eigenvalue weighted by Gasteiger charge is 2.18. The standard InChI is InChI=1S/C13H17NO/c1-10(2)6-7-14-8-11-4-3-5-13(15)12(11)9-14/h6,8-9H,3-5,7H2,1-2H3. The van der Waals surface area contributed by atoms with Gasteiger partial charge in [0.05, 0.1) is 0 Å². The lowest BCUT2D eigenvalue weighted by atomic mass is 9.95. The van der Waals surface area contributed by atoms with Crippen LogP contribution >= 0.6 is 0 Å². The molecule has 0 saturated heterocycles. The average molecular weight is 203 g/mol. The summed E-state index contributed by atoms with van der Waals surface area (Å²) in [5, 5.41) is 0. The van der Waals surface area contributed by atoms with Crippen molar-refractivity contribution in [2.45, 2.75) is 39.7 Å². The molecule has 15 heavy (non-hydrogen) atoms. The quantitative estimate of drug-likeness (QED) is 0.677. The molecular formula is C13H17NO. The molecule has 2 heteroatoms. The fourth-order valence-electron chi connectivity index (χ4n) is 1.97. The number of rotatable bonds is 2. The molecule has 1 aromatic rings. The van der Waals surface area contributed by atoms with Gasteiger partial charge < -0.3 is 4.57 Å². The zero-order valence-electron chi connectivity index (χ0n) is 9.42. The van der Waals surface area contributed by atoms with Crippen LogP contribution < -0.4 is 0 Å². The van der Waals surface area contributed by atoms with Crippen molar-refractivity contribution >= 4 is 5.78 Å². The van der Waals surface area contributed by atoms with E-state index in [1.807, 2.05) is 6.20 Å². The zero-order valence-corrected chi connectivity index (χ0v) is 9.42. The summed E-state index contributed by atoms with van der Waals surface area (Å²) in [5.41, 5.74) is 3.49. The fourth-order valence-corrected chi connectivity index (χ4v) is 1.97. The number of carbonyl (C=O) groups is 1. The fraction of sp³-hybridized carbons (Fsp3) is 0.462. The summed E-state index contributed by atoms with van der Waals surface area (Å²) in [4.78, 5) is 11.6. The minimum Gasteiger partial charge on any atom is -0.349 e. The molecule has 1 aromatic heterocycles. The topological polar surface area (TPSA) is 22.0 Å². The van der Waals surface area contributed by atoms with Crippen LogP contribution in [0, 0.1) is 0 Å². The van der Waals surface area contributed by atoms with E-state index in [1.54, 1.807) is 0 Å². The maximum absolute atomic E-state index is 11.6. The predicted octanol–water partition coefficient (Wildman–Crippen LogP) is 2.97. The first-order valence-electron chi connectivity index (χ1n) is 5.52. The van der Waals surface area contributed by atoms with Gasteiger partial charge in [0.1, 0.15) is 0 Å². The van der Waals surface area contributed by atoms with Crippen LogP contribution in [-0.4, -0.2) is 10.4 Å². The third kappa shape index (κ3) is 2.20. The molecule has 2 nitrogen and oxygen atoms in total. The van der Waals surface area contributed by atoms with Gasteiger partial charge in [-0.05, 0) is 32.3 Å². The molecule has 1 heterocycles. The lowest BCUT2D eigenvalue weighted by Crippen LogP contribution is -2.07. The molecule has 0 bridgehead atoms. The van der Waals surface area contributed by atoms with Crippen LogP contribution in [0.3, 0.4) is 0 Å². The van der Waals surface area contributed by atoms with Crippen LogP contribution in [0.4, 0.5) is 0 Å². The number of ketones is 1. The highest BCUT2D eigenvalue weighted by Crippen LogP contribution is 2.21. The third-order valence-electron chi connectivity index (χ3n) is 2.82. The van der Waals surface area contributed by atoms with Gasteiger partial charge in [0, 0.05) is 30.9 Å². The lowest BCUT2D eigenvalue weighted by molar-refractivity contribution is 0.0973. The Labute approximate surface area is 90.6 Å². The molecule has 1 aliphatic carbocycles. The Kier molecular flexibility index (Phi) is 2.76. The second kappa shape index (κ2) is 4.05. The average Bonchev–Trinajstić information content (AvgIpc) is 2.59. The first-order valence-corrected chi connectivity index (χ1v) is 5.52. The van der Waals surface area contributed by atoms with E-state index < -0.39 is 0 Å². The van der Waals surface area contributed by atoms with E-state index in [4.69, 9.17) is 0 Å². The summed E-state index contributed by atoms with van der Waals surface area (Å²) < 4.78 is 2.11. The molecule has 0 atom stereocenters. The molecule has 0 saturated carbocycles. The van der Waals surface area contributed by atoms with Gasteiger partial charge >= 0.3 is 0 Å². The third-order valence-corrected chi connectivity index (χ3v) is 2.82. The van der Waals surface area contributed by atoms with Crippen LogP contribution in [0.1, 0.15) is 42.6 Å². The van der Waals surface area contributed by atoms with Gasteiger partial charge in [-0.1, -0.05) is 11.6 Å². The van der Waals surface area contributed by atoms with Crippen LogP contribution in [0.2, 0.25) is 0 Å². The van der Waals surface area contributed by atoms with Crippen molar-refractivity contribution in [3.05, 3.63) is 35.2 Å². The summed E-state index contributed by atoms with van der Waals surface area (Å²) >= 11 is 0. The number of aryl methyl sites for hydroxylation is 1. The van der Waals surface area contributed by atoms with Gasteiger partial charge in [-0.2, -0.15) is 0 Å². The number of fused-ring (bicyclic) bond motifs is 1. The number of hydrogen-bond acceptors (Lipinski definition) is 1. The largest absolute Gasteiger partial charge is 0.349 e. The molecule has 0 fully saturated rings. The molecule has 1 aliphatic rings. The van der Waals surface area contributed by atoms with Gasteiger partial charge in [0.2, 0.25) is 0 Å². The van der Waals surface area contributed by atoms with Crippen molar-refractivity contribution < 1.29 is 4.79 Å². The number of aromatic nitrogens is 1. The Hall–Kier alpha value is -1.31. The normalized spacial score (nSPS) is 14.9. The van der Waals surface area contributed by atoms with E-state index in [1.165, 1.54) is 11.1 Å². The number of allylic oxidation sites excluding steroid dienone is 2. The molecular weight excluding hydrogens is 186 g/mol. The first-order chi connectivity index (χ1) is 7.16. The zero-order chi connectivity index (χ0) is 10.8. The van der Waals surface area contributed by atoms with E-state index in [0.29, 0.717) is 5.78 Å². The summed E-state index contributed by atoms with van der Waals surface area (Å²) in [5.74, 6) is 0.312. The van der Waals surface area contributed by atoms with Gasteiger partial charge in [-0.15, -0.1) is 0 Å². The van der Waals surface area contributed by atoms with Crippen molar-refractivity contribution in [3.63, 3.8) is 0 Å². The second-order valence-electron chi connectivity index (χ2n) is 4.45. The van der Waals surface area contributed by atoms with Crippen LogP contribution in [0.25, 0.3) is 0 Å². The van der Waals surface area contributed by atoms with Gasteiger partial charge in [0.25, 0.3) is 0 Å². The molecule has 0 unspecified atom stereocenters. The highest BCUT2D eigenvalue weighted by atomic mass is 16.1. The SMILES string of the molecule is CC(C)=CCn1cc2c(c1)C(=O)CCC2. The maximum atomic E-state index is 11.6. The molecule has 0 aliphatic heterocycles. The molecule has 0 aromatic carbocycles. The van der Waals surface area contributed by atoms with Crippen LogP contribution in [0.5, 0.6) is 0 Å². The minimum atomic E-state index is 0.312. The van der Waals surface area contributed by atoms with Crippen molar-refractivity contribution in [2.75, 3.05) is 0 Å². The Balaban J connectivity index is 2.22. The molecule has 0 amide bonds. The van der Waals surface area contributed by atoms with Crippen molar-refractivity contribution in [3.8, 4) is 0 Å². The van der Waals surface area contributed by atoms with E-state index in [9.17, 15) is 4.79 Å². The highest BCUT2D eigenvalue weighted by molar-refractivity contribution is 5.98. The minimum absolute atomic E-state index is 0.312. The Morgan fingerprint density at radius 3 is 2.87 bits per heavy atom. The number of carbonyl (C=O) groups excluding carboxylic acids is 1. The molecule has 2 rings (SSSR count). The Bertz CT molecular complexity index is 408. The van der Waals surface area contributed by atoms with Gasteiger partial charge in [-0.3, -0.25) is 4.79 Å². The molecule has 0 spiro atoms. The second-order valence-corrected chi connectivity index (χ2v) is 4.45. The van der Waals surface area contributed by atoms with E-state index in [0.717, 1.165) is 31.4 Å². The van der Waals surface area contributed by atoms with Crippen molar-refractivity contribution in [1.29, 1.82) is 0 Å². The number of nitrogens with zero attached hydrogens (tertiary/aromatic N) is 1. The summed E-state index contributed by atoms with van der Waals surface area (Å²) in [6.45, 7) is 5.06. The van der Waals surface area contributed by atoms with Crippen LogP contribution in [-0.2, 0) is 13.0 Å². The first kappa shape index (κ1) is 10.2. The smallest absolute Gasteiger partial charge is 0.164 e. The summed E-state index contributed by atoms with van der Waals surface area (Å²) in [6.07, 6.45) is 9.08. The van der Waals surface area contributed by atoms with E-state index in [-0.39, 0.29) is 0 Å². The van der Waals surface area contributed by atoms with E-state index >= 15 is 0 Å². The van der Waals surface area contributed by atoms with E-state index in [2.05, 4.69) is 30.7 Å². The monoisotopic (exact) mass is 203 g/mol. The van der Waals surface area contributed by atoms with Crippen molar-refractivity contribution in [1.82, 2.24) is 4.57 Å². The Morgan fingerprint density at radius 2 is 2.20 bits per heavy atom. The van der Waals surface area contributed by atoms with Crippen molar-refractivity contribution in [2.24, 2.45) is 0 Å². The number of hydrogen-bond donors (Lipinski definition) is 0. The molecule has 0 N–H and O–H groups in total. The van der Waals surface area contributed by atoms with Crippen LogP contribution in [0.15, 0.2) is 24.0 Å².